The molecule has 2 heteroatoms. The van der Waals surface area contributed by atoms with Crippen LogP contribution in [0.1, 0.15) is 12.8 Å². The van der Waals surface area contributed by atoms with Crippen LogP contribution in [0.3, 0.4) is 0 Å². The number of hydrogen-bond donors (Lipinski definition) is 0. The topological polar surface area (TPSA) is 17.1 Å². The van der Waals surface area contributed by atoms with Crippen LogP contribution < -0.4 is 0 Å². The summed E-state index contributed by atoms with van der Waals surface area (Å²) in [5.41, 5.74) is 0. The predicted octanol–water partition coefficient (Wildman–Crippen LogP) is 1.36. The molecule has 0 atom stereocenters. The van der Waals surface area contributed by atoms with Crippen molar-refractivity contribution in [2.45, 2.75) is 12.8 Å². The van der Waals surface area contributed by atoms with Crippen LogP contribution in [0.4, 0.5) is 0 Å². The second-order valence-corrected chi connectivity index (χ2v) is 2.61. The van der Waals surface area contributed by atoms with E-state index in [1.807, 2.05) is 0 Å². The second-order valence-electron chi connectivity index (χ2n) is 1.97. The maximum atomic E-state index is 10.2. The van der Waals surface area contributed by atoms with Crippen LogP contribution in [0.5, 0.6) is 0 Å². The van der Waals surface area contributed by atoms with Crippen LogP contribution in [0.2, 0.25) is 0 Å². The van der Waals surface area contributed by atoms with E-state index < -0.39 is 0 Å². The normalized spacial score (nSPS) is 22.1. The number of Topliss-reactive ketones (excluding diaryl/α,β-unsaturated/α-hetero) is 1. The molecule has 0 saturated heterocycles. The third-order valence-corrected chi connectivity index (χ3v) is 2.17. The molecule has 7 heavy (non-hydrogen) atoms. The lowest BCUT2D eigenvalue weighted by atomic mass is 9.86. The standard InChI is InChI=1S/C5H7BrO/c6-3-4-1-5(7)2-4/h4H,1-3H2. The monoisotopic (exact) mass is 162 g/mol. The first-order valence-electron chi connectivity index (χ1n) is 2.40. The summed E-state index contributed by atoms with van der Waals surface area (Å²) < 4.78 is 0. The average molecular weight is 163 g/mol. The van der Waals surface area contributed by atoms with Gasteiger partial charge in [-0.15, -0.1) is 0 Å². The highest BCUT2D eigenvalue weighted by Gasteiger charge is 2.24. The summed E-state index contributed by atoms with van der Waals surface area (Å²) in [5.74, 6) is 1.08. The zero-order chi connectivity index (χ0) is 5.28. The summed E-state index contributed by atoms with van der Waals surface area (Å²) in [7, 11) is 0. The molecule has 0 spiro atoms. The molecule has 0 N–H and O–H groups in total. The van der Waals surface area contributed by atoms with Gasteiger partial charge in [0.1, 0.15) is 5.78 Å². The number of carbonyl (C=O) groups is 1. The van der Waals surface area contributed by atoms with E-state index in [4.69, 9.17) is 0 Å². The van der Waals surface area contributed by atoms with Gasteiger partial charge in [-0.1, -0.05) is 15.9 Å². The summed E-state index contributed by atoms with van der Waals surface area (Å²) in [6.45, 7) is 0. The Morgan fingerprint density at radius 3 is 2.43 bits per heavy atom. The van der Waals surface area contributed by atoms with Crippen molar-refractivity contribution in [3.63, 3.8) is 0 Å². The molecule has 0 aromatic carbocycles. The largest absolute Gasteiger partial charge is 0.300 e. The molecule has 1 saturated carbocycles. The highest BCUT2D eigenvalue weighted by atomic mass is 79.9. The zero-order valence-electron chi connectivity index (χ0n) is 3.98. The second kappa shape index (κ2) is 1.95. The minimum absolute atomic E-state index is 0.421. The summed E-state index contributed by atoms with van der Waals surface area (Å²) >= 11 is 3.30. The highest BCUT2D eigenvalue weighted by molar-refractivity contribution is 9.09. The van der Waals surface area contributed by atoms with Gasteiger partial charge in [0, 0.05) is 18.2 Å². The van der Waals surface area contributed by atoms with Crippen molar-refractivity contribution in [1.82, 2.24) is 0 Å². The van der Waals surface area contributed by atoms with Crippen molar-refractivity contribution in [2.24, 2.45) is 5.92 Å². The lowest BCUT2D eigenvalue weighted by molar-refractivity contribution is -0.126. The lowest BCUT2D eigenvalue weighted by Crippen LogP contribution is -2.23. The first kappa shape index (κ1) is 5.29. The Morgan fingerprint density at radius 2 is 2.29 bits per heavy atom. The summed E-state index contributed by atoms with van der Waals surface area (Å²) in [6, 6.07) is 0. The molecule has 1 rings (SSSR count). The molecule has 0 heterocycles. The van der Waals surface area contributed by atoms with Crippen LogP contribution in [0.15, 0.2) is 0 Å². The van der Waals surface area contributed by atoms with Crippen molar-refractivity contribution < 1.29 is 4.79 Å². The molecule has 0 unspecified atom stereocenters. The van der Waals surface area contributed by atoms with Gasteiger partial charge in [0.2, 0.25) is 0 Å². The van der Waals surface area contributed by atoms with Crippen molar-refractivity contribution in [2.75, 3.05) is 5.33 Å². The first-order valence-corrected chi connectivity index (χ1v) is 3.52. The smallest absolute Gasteiger partial charge is 0.133 e. The predicted molar refractivity (Wildman–Crippen MR) is 31.5 cm³/mol. The number of carbonyl (C=O) groups excluding carboxylic acids is 1. The number of hydrogen-bond acceptors (Lipinski definition) is 1. The minimum Gasteiger partial charge on any atom is -0.300 e. The van der Waals surface area contributed by atoms with Gasteiger partial charge in [-0.25, -0.2) is 0 Å². The van der Waals surface area contributed by atoms with E-state index in [2.05, 4.69) is 15.9 Å². The van der Waals surface area contributed by atoms with Crippen molar-refractivity contribution in [3.8, 4) is 0 Å². The van der Waals surface area contributed by atoms with Crippen molar-refractivity contribution in [3.05, 3.63) is 0 Å². The van der Waals surface area contributed by atoms with Gasteiger partial charge in [-0.3, -0.25) is 4.79 Å². The molecule has 1 aliphatic carbocycles. The Morgan fingerprint density at radius 1 is 1.71 bits per heavy atom. The number of halogens is 1. The van der Waals surface area contributed by atoms with E-state index in [9.17, 15) is 4.79 Å². The molecule has 0 radical (unpaired) electrons. The maximum Gasteiger partial charge on any atom is 0.133 e. The number of alkyl halides is 1. The van der Waals surface area contributed by atoms with Gasteiger partial charge in [0.15, 0.2) is 0 Å². The average Bonchev–Trinajstić information content (AvgIpc) is 1.58. The lowest BCUT2D eigenvalue weighted by Gasteiger charge is -2.20. The number of rotatable bonds is 1. The fourth-order valence-corrected chi connectivity index (χ4v) is 1.15. The molecular weight excluding hydrogens is 156 g/mol. The van der Waals surface area contributed by atoms with E-state index in [1.165, 1.54) is 0 Å². The van der Waals surface area contributed by atoms with E-state index in [-0.39, 0.29) is 0 Å². The Bertz CT molecular complexity index is 82.1. The molecule has 0 aromatic rings. The highest BCUT2D eigenvalue weighted by Crippen LogP contribution is 2.23. The van der Waals surface area contributed by atoms with E-state index in [0.29, 0.717) is 11.7 Å². The molecular formula is C5H7BrO. The maximum absolute atomic E-state index is 10.2. The molecule has 0 bridgehead atoms. The summed E-state index contributed by atoms with van der Waals surface area (Å²) in [6.07, 6.45) is 1.62. The Hall–Kier alpha value is 0.150. The van der Waals surface area contributed by atoms with Gasteiger partial charge < -0.3 is 0 Å². The molecule has 0 aliphatic heterocycles. The zero-order valence-corrected chi connectivity index (χ0v) is 5.57. The molecule has 0 amide bonds. The quantitative estimate of drug-likeness (QED) is 0.533. The fourth-order valence-electron chi connectivity index (χ4n) is 0.693. The molecule has 1 fully saturated rings. The molecule has 0 aromatic heterocycles. The van der Waals surface area contributed by atoms with E-state index >= 15 is 0 Å². The van der Waals surface area contributed by atoms with Crippen LogP contribution in [-0.4, -0.2) is 11.1 Å². The van der Waals surface area contributed by atoms with Gasteiger partial charge >= 0.3 is 0 Å². The van der Waals surface area contributed by atoms with Crippen LogP contribution >= 0.6 is 15.9 Å². The third kappa shape index (κ3) is 1.03. The van der Waals surface area contributed by atoms with Gasteiger partial charge in [-0.2, -0.15) is 0 Å². The Balaban J connectivity index is 2.17. The third-order valence-electron chi connectivity index (χ3n) is 1.25. The number of ketones is 1. The summed E-state index contributed by atoms with van der Waals surface area (Å²) in [5, 5.41) is 0.999. The van der Waals surface area contributed by atoms with Crippen LogP contribution in [0.25, 0.3) is 0 Å². The van der Waals surface area contributed by atoms with Crippen LogP contribution in [0, 0.1) is 5.92 Å². The van der Waals surface area contributed by atoms with Crippen molar-refractivity contribution in [1.29, 1.82) is 0 Å². The van der Waals surface area contributed by atoms with Gasteiger partial charge in [0.25, 0.3) is 0 Å². The van der Waals surface area contributed by atoms with Gasteiger partial charge in [0.05, 0.1) is 0 Å². The van der Waals surface area contributed by atoms with E-state index in [0.717, 1.165) is 18.2 Å². The minimum atomic E-state index is 0.421. The fraction of sp³-hybridized carbons (Fsp3) is 0.800. The molecule has 40 valence electrons. The Kier molecular flexibility index (Phi) is 1.47. The van der Waals surface area contributed by atoms with Crippen molar-refractivity contribution >= 4 is 21.7 Å². The van der Waals surface area contributed by atoms with E-state index in [1.54, 1.807) is 0 Å². The molecule has 1 nitrogen and oxygen atoms in total. The molecule has 1 aliphatic rings. The first-order chi connectivity index (χ1) is 3.33. The Labute approximate surface area is 51.2 Å². The van der Waals surface area contributed by atoms with Gasteiger partial charge in [-0.05, 0) is 5.92 Å². The SMILES string of the molecule is O=C1CC(CBr)C1. The summed E-state index contributed by atoms with van der Waals surface area (Å²) in [4.78, 5) is 10.2. The van der Waals surface area contributed by atoms with Crippen LogP contribution in [-0.2, 0) is 4.79 Å².